The minimum Gasteiger partial charge on any atom is -0.319 e. The van der Waals surface area contributed by atoms with Gasteiger partial charge in [0.25, 0.3) is 0 Å². The van der Waals surface area contributed by atoms with Crippen LogP contribution in [0.3, 0.4) is 0 Å². The standard InChI is InChI=1S/C13H17ClFN/c1-4-13(2,9-16-3)8-10-6-5-7-11(15)12(10)14/h4-7,16H,1,8-9H2,2-3H3. The Kier molecular flexibility index (Phi) is 4.51. The Morgan fingerprint density at radius 3 is 2.81 bits per heavy atom. The van der Waals surface area contributed by atoms with Crippen LogP contribution in [0.1, 0.15) is 12.5 Å². The van der Waals surface area contributed by atoms with Crippen molar-refractivity contribution in [1.82, 2.24) is 5.32 Å². The molecule has 0 aliphatic rings. The molecule has 1 atom stereocenters. The molecule has 0 spiro atoms. The largest absolute Gasteiger partial charge is 0.319 e. The van der Waals surface area contributed by atoms with E-state index in [0.29, 0.717) is 6.42 Å². The Balaban J connectivity index is 2.94. The molecule has 16 heavy (non-hydrogen) atoms. The van der Waals surface area contributed by atoms with Crippen LogP contribution in [0.5, 0.6) is 0 Å². The predicted molar refractivity (Wildman–Crippen MR) is 67.3 cm³/mol. The molecule has 1 aromatic rings. The highest BCUT2D eigenvalue weighted by molar-refractivity contribution is 6.31. The summed E-state index contributed by atoms with van der Waals surface area (Å²) < 4.78 is 13.3. The molecule has 1 unspecified atom stereocenters. The molecule has 0 amide bonds. The summed E-state index contributed by atoms with van der Waals surface area (Å²) in [6.07, 6.45) is 2.55. The Morgan fingerprint density at radius 2 is 2.25 bits per heavy atom. The van der Waals surface area contributed by atoms with E-state index in [9.17, 15) is 4.39 Å². The number of halogens is 2. The van der Waals surface area contributed by atoms with E-state index >= 15 is 0 Å². The second-order valence-corrected chi connectivity index (χ2v) is 4.66. The first kappa shape index (κ1) is 13.2. The summed E-state index contributed by atoms with van der Waals surface area (Å²) in [5, 5.41) is 3.32. The number of nitrogens with one attached hydrogen (secondary N) is 1. The van der Waals surface area contributed by atoms with Crippen molar-refractivity contribution in [1.29, 1.82) is 0 Å². The van der Waals surface area contributed by atoms with Gasteiger partial charge < -0.3 is 5.32 Å². The van der Waals surface area contributed by atoms with Crippen molar-refractivity contribution in [2.45, 2.75) is 13.3 Å². The fourth-order valence-corrected chi connectivity index (χ4v) is 1.92. The topological polar surface area (TPSA) is 12.0 Å². The molecule has 1 aromatic carbocycles. The van der Waals surface area contributed by atoms with Crippen molar-refractivity contribution in [3.8, 4) is 0 Å². The van der Waals surface area contributed by atoms with Gasteiger partial charge in [0.2, 0.25) is 0 Å². The second kappa shape index (κ2) is 5.46. The minimum atomic E-state index is -0.366. The predicted octanol–water partition coefficient (Wildman–Crippen LogP) is 3.43. The van der Waals surface area contributed by atoms with Gasteiger partial charge in [0.15, 0.2) is 0 Å². The van der Waals surface area contributed by atoms with E-state index in [1.165, 1.54) is 6.07 Å². The molecule has 0 aliphatic carbocycles. The maximum Gasteiger partial charge on any atom is 0.142 e. The normalized spacial score (nSPS) is 14.5. The Labute approximate surface area is 101 Å². The fourth-order valence-electron chi connectivity index (χ4n) is 1.73. The molecule has 0 fully saturated rings. The molecule has 1 nitrogen and oxygen atoms in total. The van der Waals surface area contributed by atoms with Crippen molar-refractivity contribution in [2.75, 3.05) is 13.6 Å². The molecule has 0 aliphatic heterocycles. The van der Waals surface area contributed by atoms with Crippen molar-refractivity contribution in [3.05, 3.63) is 47.3 Å². The summed E-state index contributed by atoms with van der Waals surface area (Å²) in [4.78, 5) is 0. The third-order valence-corrected chi connectivity index (χ3v) is 3.12. The van der Waals surface area contributed by atoms with Gasteiger partial charge in [-0.1, -0.05) is 36.7 Å². The highest BCUT2D eigenvalue weighted by Gasteiger charge is 2.21. The number of benzene rings is 1. The number of hydrogen-bond donors (Lipinski definition) is 1. The van der Waals surface area contributed by atoms with Gasteiger partial charge in [-0.25, -0.2) is 4.39 Å². The van der Waals surface area contributed by atoms with Crippen molar-refractivity contribution in [3.63, 3.8) is 0 Å². The Hall–Kier alpha value is -0.860. The van der Waals surface area contributed by atoms with E-state index < -0.39 is 0 Å². The van der Waals surface area contributed by atoms with Crippen LogP contribution in [0, 0.1) is 11.2 Å². The second-order valence-electron chi connectivity index (χ2n) is 4.28. The average Bonchev–Trinajstić information content (AvgIpc) is 2.25. The molecule has 88 valence electrons. The lowest BCUT2D eigenvalue weighted by molar-refractivity contribution is 0.405. The van der Waals surface area contributed by atoms with Gasteiger partial charge in [-0.05, 0) is 25.1 Å². The van der Waals surface area contributed by atoms with E-state index in [0.717, 1.165) is 12.1 Å². The number of rotatable bonds is 5. The zero-order chi connectivity index (χ0) is 12.2. The lowest BCUT2D eigenvalue weighted by Gasteiger charge is -2.26. The summed E-state index contributed by atoms with van der Waals surface area (Å²) >= 11 is 5.93. The molecule has 0 saturated heterocycles. The third-order valence-electron chi connectivity index (χ3n) is 2.70. The third kappa shape index (κ3) is 3.06. The van der Waals surface area contributed by atoms with Gasteiger partial charge in [-0.15, -0.1) is 6.58 Å². The van der Waals surface area contributed by atoms with Crippen LogP contribution in [-0.4, -0.2) is 13.6 Å². The van der Waals surface area contributed by atoms with E-state index in [-0.39, 0.29) is 16.3 Å². The van der Waals surface area contributed by atoms with Crippen LogP contribution in [0.2, 0.25) is 5.02 Å². The average molecular weight is 242 g/mol. The van der Waals surface area contributed by atoms with E-state index in [2.05, 4.69) is 18.8 Å². The first-order valence-corrected chi connectivity index (χ1v) is 5.61. The molecule has 0 radical (unpaired) electrons. The van der Waals surface area contributed by atoms with Crippen LogP contribution in [-0.2, 0) is 6.42 Å². The SMILES string of the molecule is C=CC(C)(CNC)Cc1cccc(F)c1Cl. The molecule has 0 aromatic heterocycles. The van der Waals surface area contributed by atoms with Crippen LogP contribution in [0.4, 0.5) is 4.39 Å². The molecule has 1 N–H and O–H groups in total. The fraction of sp³-hybridized carbons (Fsp3) is 0.385. The van der Waals surface area contributed by atoms with Crippen LogP contribution >= 0.6 is 11.6 Å². The quantitative estimate of drug-likeness (QED) is 0.779. The van der Waals surface area contributed by atoms with Crippen LogP contribution in [0.15, 0.2) is 30.9 Å². The van der Waals surface area contributed by atoms with E-state index in [1.54, 1.807) is 6.07 Å². The highest BCUT2D eigenvalue weighted by Crippen LogP contribution is 2.28. The molecule has 0 saturated carbocycles. The smallest absolute Gasteiger partial charge is 0.142 e. The zero-order valence-electron chi connectivity index (χ0n) is 9.69. The summed E-state index contributed by atoms with van der Waals surface area (Å²) in [5.41, 5.74) is 0.700. The van der Waals surface area contributed by atoms with Gasteiger partial charge in [0.05, 0.1) is 5.02 Å². The summed E-state index contributed by atoms with van der Waals surface area (Å²) in [7, 11) is 1.88. The summed E-state index contributed by atoms with van der Waals surface area (Å²) in [6.45, 7) is 6.67. The zero-order valence-corrected chi connectivity index (χ0v) is 10.4. The molecule has 0 heterocycles. The molecule has 1 rings (SSSR count). The van der Waals surface area contributed by atoms with E-state index in [1.807, 2.05) is 19.2 Å². The Bertz CT molecular complexity index is 378. The number of hydrogen-bond acceptors (Lipinski definition) is 1. The molecule has 0 bridgehead atoms. The minimum absolute atomic E-state index is 0.119. The van der Waals surface area contributed by atoms with Gasteiger partial charge in [-0.2, -0.15) is 0 Å². The maximum absolute atomic E-state index is 13.3. The monoisotopic (exact) mass is 241 g/mol. The van der Waals surface area contributed by atoms with E-state index in [4.69, 9.17) is 11.6 Å². The van der Waals surface area contributed by atoms with Gasteiger partial charge in [-0.3, -0.25) is 0 Å². The van der Waals surface area contributed by atoms with Gasteiger partial charge >= 0.3 is 0 Å². The van der Waals surface area contributed by atoms with Gasteiger partial charge in [0, 0.05) is 12.0 Å². The van der Waals surface area contributed by atoms with Crippen molar-refractivity contribution < 1.29 is 4.39 Å². The van der Waals surface area contributed by atoms with Gasteiger partial charge in [0.1, 0.15) is 5.82 Å². The highest BCUT2D eigenvalue weighted by atomic mass is 35.5. The first-order chi connectivity index (χ1) is 7.52. The molecule has 3 heteroatoms. The van der Waals surface area contributed by atoms with Crippen molar-refractivity contribution in [2.24, 2.45) is 5.41 Å². The lowest BCUT2D eigenvalue weighted by Crippen LogP contribution is -2.29. The Morgan fingerprint density at radius 1 is 1.56 bits per heavy atom. The first-order valence-electron chi connectivity index (χ1n) is 5.23. The lowest BCUT2D eigenvalue weighted by atomic mass is 9.83. The van der Waals surface area contributed by atoms with Crippen LogP contribution < -0.4 is 5.32 Å². The summed E-state index contributed by atoms with van der Waals surface area (Å²) in [6, 6.07) is 4.90. The maximum atomic E-state index is 13.3. The molecular weight excluding hydrogens is 225 g/mol. The van der Waals surface area contributed by atoms with Crippen LogP contribution in [0.25, 0.3) is 0 Å². The summed E-state index contributed by atoms with van der Waals surface area (Å²) in [5.74, 6) is -0.366. The molecular formula is C13H17ClFN. The van der Waals surface area contributed by atoms with Crippen molar-refractivity contribution >= 4 is 11.6 Å².